The number of para-hydroxylation sites is 1. The van der Waals surface area contributed by atoms with Gasteiger partial charge in [0, 0.05) is 11.8 Å². The van der Waals surface area contributed by atoms with E-state index >= 15 is 0 Å². The molecular formula is C17H12F2N4O3. The molecule has 0 aliphatic carbocycles. The minimum absolute atomic E-state index is 0.0566. The van der Waals surface area contributed by atoms with Crippen molar-refractivity contribution in [1.29, 1.82) is 0 Å². The summed E-state index contributed by atoms with van der Waals surface area (Å²) < 4.78 is 28.6. The van der Waals surface area contributed by atoms with Crippen LogP contribution in [-0.4, -0.2) is 20.6 Å². The molecule has 0 spiro atoms. The van der Waals surface area contributed by atoms with E-state index in [1.54, 1.807) is 13.0 Å². The van der Waals surface area contributed by atoms with Crippen LogP contribution in [0.4, 0.5) is 20.2 Å². The van der Waals surface area contributed by atoms with Crippen LogP contribution in [0.1, 0.15) is 16.1 Å². The monoisotopic (exact) mass is 358 g/mol. The zero-order valence-corrected chi connectivity index (χ0v) is 13.4. The van der Waals surface area contributed by atoms with Gasteiger partial charge in [-0.3, -0.25) is 14.9 Å². The second-order valence-corrected chi connectivity index (χ2v) is 5.38. The number of carbonyl (C=O) groups is 1. The van der Waals surface area contributed by atoms with Gasteiger partial charge in [0.2, 0.25) is 5.82 Å². The van der Waals surface area contributed by atoms with E-state index in [1.165, 1.54) is 35.1 Å². The second kappa shape index (κ2) is 6.71. The summed E-state index contributed by atoms with van der Waals surface area (Å²) in [6.07, 6.45) is 1.26. The van der Waals surface area contributed by atoms with Crippen LogP contribution in [0, 0.1) is 28.7 Å². The highest BCUT2D eigenvalue weighted by molar-refractivity contribution is 6.05. The van der Waals surface area contributed by atoms with Crippen LogP contribution in [0.2, 0.25) is 0 Å². The Morgan fingerprint density at radius 3 is 2.62 bits per heavy atom. The van der Waals surface area contributed by atoms with Gasteiger partial charge in [0.1, 0.15) is 11.5 Å². The van der Waals surface area contributed by atoms with Crippen molar-refractivity contribution in [3.8, 4) is 5.69 Å². The second-order valence-electron chi connectivity index (χ2n) is 5.38. The number of nitrogens with one attached hydrogen (secondary N) is 1. The summed E-state index contributed by atoms with van der Waals surface area (Å²) in [5, 5.41) is 17.2. The minimum atomic E-state index is -1.00. The first-order chi connectivity index (χ1) is 12.4. The number of nitro groups is 1. The Labute approximate surface area is 146 Å². The van der Waals surface area contributed by atoms with Gasteiger partial charge in [0.25, 0.3) is 5.91 Å². The number of amides is 1. The van der Waals surface area contributed by atoms with E-state index in [0.29, 0.717) is 5.69 Å². The minimum Gasteiger partial charge on any atom is -0.322 e. The third-order valence-electron chi connectivity index (χ3n) is 3.74. The number of nitrogens with zero attached hydrogens (tertiary/aromatic N) is 3. The van der Waals surface area contributed by atoms with Gasteiger partial charge in [-0.2, -0.15) is 9.49 Å². The van der Waals surface area contributed by atoms with E-state index in [2.05, 4.69) is 10.4 Å². The largest absolute Gasteiger partial charge is 0.322 e. The molecule has 1 aromatic heterocycles. The van der Waals surface area contributed by atoms with Gasteiger partial charge in [0.15, 0.2) is 0 Å². The predicted octanol–water partition coefficient (Wildman–Crippen LogP) is 3.62. The summed E-state index contributed by atoms with van der Waals surface area (Å²) in [5.74, 6) is -2.11. The molecule has 2 aromatic carbocycles. The molecule has 0 unspecified atom stereocenters. The lowest BCUT2D eigenvalue weighted by Gasteiger charge is -2.07. The molecule has 1 N–H and O–H groups in total. The van der Waals surface area contributed by atoms with Crippen molar-refractivity contribution in [3.63, 3.8) is 0 Å². The Morgan fingerprint density at radius 2 is 1.92 bits per heavy atom. The van der Waals surface area contributed by atoms with E-state index in [-0.39, 0.29) is 16.9 Å². The SMILES string of the molecule is Cc1c(C(=O)Nc2ccc(F)c([N+](=O)[O-])c2)cnn1-c1ccccc1F. The highest BCUT2D eigenvalue weighted by Gasteiger charge is 2.19. The van der Waals surface area contributed by atoms with Crippen LogP contribution in [0.15, 0.2) is 48.7 Å². The topological polar surface area (TPSA) is 90.1 Å². The number of nitro benzene ring substituents is 1. The molecule has 1 heterocycles. The molecule has 0 saturated heterocycles. The first-order valence-electron chi connectivity index (χ1n) is 7.43. The van der Waals surface area contributed by atoms with Crippen molar-refractivity contribution in [2.24, 2.45) is 0 Å². The molecule has 3 rings (SSSR count). The fourth-order valence-corrected chi connectivity index (χ4v) is 2.43. The molecule has 3 aromatic rings. The van der Waals surface area contributed by atoms with E-state index in [4.69, 9.17) is 0 Å². The van der Waals surface area contributed by atoms with Gasteiger partial charge in [-0.25, -0.2) is 9.07 Å². The number of hydrogen-bond acceptors (Lipinski definition) is 4. The molecule has 9 heteroatoms. The predicted molar refractivity (Wildman–Crippen MR) is 89.3 cm³/mol. The molecule has 1 amide bonds. The van der Waals surface area contributed by atoms with E-state index in [1.807, 2.05) is 0 Å². The van der Waals surface area contributed by atoms with Crippen LogP contribution < -0.4 is 5.32 Å². The lowest BCUT2D eigenvalue weighted by molar-refractivity contribution is -0.387. The lowest BCUT2D eigenvalue weighted by atomic mass is 10.2. The number of anilines is 1. The number of hydrogen-bond donors (Lipinski definition) is 1. The van der Waals surface area contributed by atoms with Crippen LogP contribution in [0.3, 0.4) is 0 Å². The molecule has 0 aliphatic rings. The van der Waals surface area contributed by atoms with Crippen molar-refractivity contribution in [1.82, 2.24) is 9.78 Å². The van der Waals surface area contributed by atoms with Gasteiger partial charge in [-0.1, -0.05) is 12.1 Å². The molecule has 0 radical (unpaired) electrons. The van der Waals surface area contributed by atoms with Gasteiger partial charge in [-0.15, -0.1) is 0 Å². The highest BCUT2D eigenvalue weighted by Crippen LogP contribution is 2.23. The summed E-state index contributed by atoms with van der Waals surface area (Å²) in [7, 11) is 0. The molecule has 0 aliphatic heterocycles. The quantitative estimate of drug-likeness (QED) is 0.570. The highest BCUT2D eigenvalue weighted by atomic mass is 19.1. The number of carbonyl (C=O) groups excluding carboxylic acids is 1. The fourth-order valence-electron chi connectivity index (χ4n) is 2.43. The summed E-state index contributed by atoms with van der Waals surface area (Å²) in [5.41, 5.74) is 0.0219. The Hall–Kier alpha value is -3.62. The average molecular weight is 358 g/mol. The van der Waals surface area contributed by atoms with E-state index < -0.39 is 28.2 Å². The third kappa shape index (κ3) is 3.14. The van der Waals surface area contributed by atoms with Gasteiger partial charge in [0.05, 0.1) is 22.4 Å². The van der Waals surface area contributed by atoms with E-state index in [0.717, 1.165) is 12.1 Å². The van der Waals surface area contributed by atoms with Crippen LogP contribution in [-0.2, 0) is 0 Å². The average Bonchev–Trinajstić information content (AvgIpc) is 2.98. The molecule has 0 saturated carbocycles. The first kappa shape index (κ1) is 17.2. The molecule has 0 atom stereocenters. The van der Waals surface area contributed by atoms with Crippen molar-refractivity contribution in [2.75, 3.05) is 5.32 Å². The molecular weight excluding hydrogens is 346 g/mol. The zero-order chi connectivity index (χ0) is 18.8. The molecule has 0 bridgehead atoms. The summed E-state index contributed by atoms with van der Waals surface area (Å²) in [6, 6.07) is 8.97. The van der Waals surface area contributed by atoms with Crippen molar-refractivity contribution >= 4 is 17.3 Å². The summed E-state index contributed by atoms with van der Waals surface area (Å²) in [4.78, 5) is 22.3. The zero-order valence-electron chi connectivity index (χ0n) is 13.4. The maximum atomic E-state index is 13.9. The van der Waals surface area contributed by atoms with Crippen molar-refractivity contribution < 1.29 is 18.5 Å². The van der Waals surface area contributed by atoms with E-state index in [9.17, 15) is 23.7 Å². The summed E-state index contributed by atoms with van der Waals surface area (Å²) in [6.45, 7) is 1.58. The van der Waals surface area contributed by atoms with Gasteiger partial charge in [-0.05, 0) is 31.2 Å². The van der Waals surface area contributed by atoms with Gasteiger partial charge < -0.3 is 5.32 Å². The van der Waals surface area contributed by atoms with Crippen LogP contribution in [0.5, 0.6) is 0 Å². The molecule has 0 fully saturated rings. The maximum absolute atomic E-state index is 13.9. The Bertz CT molecular complexity index is 1020. The van der Waals surface area contributed by atoms with Gasteiger partial charge >= 0.3 is 5.69 Å². The Kier molecular flexibility index (Phi) is 4.44. The standard InChI is InChI=1S/C17H12F2N4O3/c1-10-12(9-20-22(10)15-5-3-2-4-13(15)18)17(24)21-11-6-7-14(19)16(8-11)23(25)26/h2-9H,1H3,(H,21,24). The van der Waals surface area contributed by atoms with Crippen molar-refractivity contribution in [3.05, 3.63) is 81.7 Å². The first-order valence-corrected chi connectivity index (χ1v) is 7.43. The lowest BCUT2D eigenvalue weighted by Crippen LogP contribution is -2.13. The Balaban J connectivity index is 1.89. The smallest absolute Gasteiger partial charge is 0.306 e. The number of aromatic nitrogens is 2. The number of rotatable bonds is 4. The maximum Gasteiger partial charge on any atom is 0.306 e. The third-order valence-corrected chi connectivity index (χ3v) is 3.74. The number of halogens is 2. The Morgan fingerprint density at radius 1 is 1.19 bits per heavy atom. The fraction of sp³-hybridized carbons (Fsp3) is 0.0588. The molecule has 132 valence electrons. The van der Waals surface area contributed by atoms with Crippen molar-refractivity contribution in [2.45, 2.75) is 6.92 Å². The molecule has 7 nitrogen and oxygen atoms in total. The normalized spacial score (nSPS) is 10.6. The van der Waals surface area contributed by atoms with Crippen LogP contribution in [0.25, 0.3) is 5.69 Å². The summed E-state index contributed by atoms with van der Waals surface area (Å²) >= 11 is 0. The number of benzene rings is 2. The van der Waals surface area contributed by atoms with Crippen LogP contribution >= 0.6 is 0 Å². The molecule has 26 heavy (non-hydrogen) atoms.